The molecule has 0 bridgehead atoms. The van der Waals surface area contributed by atoms with Crippen molar-refractivity contribution in [3.8, 4) is 0 Å². The minimum atomic E-state index is 0.150. The van der Waals surface area contributed by atoms with E-state index < -0.39 is 0 Å². The molecule has 0 saturated carbocycles. The number of hydrogen-bond donors (Lipinski definition) is 0. The summed E-state index contributed by atoms with van der Waals surface area (Å²) in [6, 6.07) is 2.16. The lowest BCUT2D eigenvalue weighted by molar-refractivity contribution is 0.588. The van der Waals surface area contributed by atoms with Crippen LogP contribution in [0.2, 0.25) is 0 Å². The minimum absolute atomic E-state index is 0.150. The Bertz CT molecular complexity index is 480. The van der Waals surface area contributed by atoms with Gasteiger partial charge in [-0.2, -0.15) is 0 Å². The smallest absolute Gasteiger partial charge is 0.143 e. The molecule has 2 heterocycles. The van der Waals surface area contributed by atoms with Crippen LogP contribution in [-0.4, -0.2) is 9.97 Å². The van der Waals surface area contributed by atoms with Crippen LogP contribution in [0.5, 0.6) is 0 Å². The molecule has 2 aromatic rings. The van der Waals surface area contributed by atoms with E-state index >= 15 is 0 Å². The van der Waals surface area contributed by atoms with Crippen molar-refractivity contribution >= 4 is 21.7 Å². The van der Waals surface area contributed by atoms with E-state index in [0.29, 0.717) is 0 Å². The third kappa shape index (κ3) is 2.02. The van der Waals surface area contributed by atoms with Gasteiger partial charge in [0.05, 0.1) is 5.01 Å². The van der Waals surface area contributed by atoms with Crippen molar-refractivity contribution in [2.75, 3.05) is 0 Å². The molecule has 0 aliphatic rings. The summed E-state index contributed by atoms with van der Waals surface area (Å²) < 4.78 is 0. The largest absolute Gasteiger partial charge is 0.243 e. The van der Waals surface area contributed by atoms with Gasteiger partial charge in [-0.25, -0.2) is 9.97 Å². The van der Waals surface area contributed by atoms with Crippen molar-refractivity contribution in [3.05, 3.63) is 22.8 Å². The molecule has 0 N–H and O–H groups in total. The lowest BCUT2D eigenvalue weighted by Crippen LogP contribution is -2.11. The van der Waals surface area contributed by atoms with Gasteiger partial charge in [-0.05, 0) is 23.5 Å². The van der Waals surface area contributed by atoms with Crippen molar-refractivity contribution in [2.24, 2.45) is 0 Å². The highest BCUT2D eigenvalue weighted by Gasteiger charge is 2.15. The van der Waals surface area contributed by atoms with Gasteiger partial charge in [-0.15, -0.1) is 0 Å². The summed E-state index contributed by atoms with van der Waals surface area (Å²) in [4.78, 5) is 10.1. The van der Waals surface area contributed by atoms with Gasteiger partial charge in [0.2, 0.25) is 0 Å². The molecule has 0 unspecified atom stereocenters. The van der Waals surface area contributed by atoms with E-state index in [2.05, 4.69) is 43.7 Å². The van der Waals surface area contributed by atoms with Gasteiger partial charge in [0.25, 0.3) is 0 Å². The van der Waals surface area contributed by atoms with Crippen molar-refractivity contribution in [3.63, 3.8) is 0 Å². The molecule has 0 atom stereocenters. The monoisotopic (exact) mass is 220 g/mol. The highest BCUT2D eigenvalue weighted by molar-refractivity contribution is 7.18. The number of hydrogen-bond acceptors (Lipinski definition) is 3. The van der Waals surface area contributed by atoms with Crippen LogP contribution in [0.3, 0.4) is 0 Å². The zero-order chi connectivity index (χ0) is 11.1. The zero-order valence-electron chi connectivity index (χ0n) is 9.66. The molecule has 0 spiro atoms. The Labute approximate surface area is 94.4 Å². The summed E-state index contributed by atoms with van der Waals surface area (Å²) >= 11 is 1.69. The molecule has 0 aromatic carbocycles. The Kier molecular flexibility index (Phi) is 2.51. The molecule has 0 saturated heterocycles. The number of pyridine rings is 1. The number of nitrogens with zero attached hydrogens (tertiary/aromatic N) is 2. The first kappa shape index (κ1) is 10.6. The quantitative estimate of drug-likeness (QED) is 0.734. The second kappa shape index (κ2) is 3.56. The van der Waals surface area contributed by atoms with Crippen LogP contribution in [-0.2, 0) is 11.8 Å². The van der Waals surface area contributed by atoms with E-state index in [1.165, 1.54) is 10.6 Å². The SMILES string of the molecule is CCc1nc2cc(C(C)(C)C)cnc2s1. The molecule has 0 amide bonds. The summed E-state index contributed by atoms with van der Waals surface area (Å²) in [6.07, 6.45) is 2.96. The maximum absolute atomic E-state index is 4.56. The molecule has 0 fully saturated rings. The molecule has 0 aliphatic heterocycles. The Morgan fingerprint density at radius 2 is 2.07 bits per heavy atom. The first-order valence-electron chi connectivity index (χ1n) is 5.26. The maximum atomic E-state index is 4.56. The van der Waals surface area contributed by atoms with Crippen LogP contribution >= 0.6 is 11.3 Å². The molecule has 2 aromatic heterocycles. The fraction of sp³-hybridized carbons (Fsp3) is 0.500. The Hall–Kier alpha value is -0.960. The van der Waals surface area contributed by atoms with Crippen molar-refractivity contribution in [1.82, 2.24) is 9.97 Å². The highest BCUT2D eigenvalue weighted by Crippen LogP contribution is 2.26. The number of thiazole rings is 1. The first-order valence-corrected chi connectivity index (χ1v) is 6.08. The van der Waals surface area contributed by atoms with Crippen LogP contribution in [0, 0.1) is 0 Å². The molecule has 80 valence electrons. The summed E-state index contributed by atoms with van der Waals surface area (Å²) in [6.45, 7) is 8.72. The average Bonchev–Trinajstić information content (AvgIpc) is 2.57. The minimum Gasteiger partial charge on any atom is -0.243 e. The second-order valence-corrected chi connectivity index (χ2v) is 5.82. The van der Waals surface area contributed by atoms with E-state index in [1.54, 1.807) is 11.3 Å². The molecule has 15 heavy (non-hydrogen) atoms. The van der Waals surface area contributed by atoms with Gasteiger partial charge in [0.1, 0.15) is 10.3 Å². The molecule has 2 nitrogen and oxygen atoms in total. The van der Waals surface area contributed by atoms with E-state index in [9.17, 15) is 0 Å². The number of aryl methyl sites for hydroxylation is 1. The zero-order valence-corrected chi connectivity index (χ0v) is 10.5. The van der Waals surface area contributed by atoms with Gasteiger partial charge in [-0.3, -0.25) is 0 Å². The second-order valence-electron chi connectivity index (χ2n) is 4.76. The Morgan fingerprint density at radius 1 is 1.33 bits per heavy atom. The summed E-state index contributed by atoms with van der Waals surface area (Å²) in [5, 5.41) is 1.17. The normalized spacial score (nSPS) is 12.3. The predicted molar refractivity (Wildman–Crippen MR) is 65.5 cm³/mol. The van der Waals surface area contributed by atoms with Crippen LogP contribution in [0.1, 0.15) is 38.3 Å². The van der Waals surface area contributed by atoms with E-state index in [4.69, 9.17) is 0 Å². The fourth-order valence-electron chi connectivity index (χ4n) is 1.43. The van der Waals surface area contributed by atoms with Crippen LogP contribution in [0.4, 0.5) is 0 Å². The van der Waals surface area contributed by atoms with Crippen molar-refractivity contribution < 1.29 is 0 Å². The maximum Gasteiger partial charge on any atom is 0.143 e. The number of fused-ring (bicyclic) bond motifs is 1. The van der Waals surface area contributed by atoms with Crippen LogP contribution in [0.25, 0.3) is 10.3 Å². The van der Waals surface area contributed by atoms with Crippen LogP contribution in [0.15, 0.2) is 12.3 Å². The molecular formula is C12H16N2S. The standard InChI is InChI=1S/C12H16N2S/c1-5-10-14-9-6-8(12(2,3)4)7-13-11(9)15-10/h6-7H,5H2,1-4H3. The average molecular weight is 220 g/mol. The molecule has 3 heteroatoms. The molecule has 2 rings (SSSR count). The van der Waals surface area contributed by atoms with Crippen molar-refractivity contribution in [1.29, 1.82) is 0 Å². The van der Waals surface area contributed by atoms with Gasteiger partial charge < -0.3 is 0 Å². The third-order valence-corrected chi connectivity index (χ3v) is 3.58. The van der Waals surface area contributed by atoms with Crippen LogP contribution < -0.4 is 0 Å². The van der Waals surface area contributed by atoms with E-state index in [0.717, 1.165) is 16.8 Å². The van der Waals surface area contributed by atoms with Gasteiger partial charge in [-0.1, -0.05) is 39.0 Å². The Morgan fingerprint density at radius 3 is 2.67 bits per heavy atom. The fourth-order valence-corrected chi connectivity index (χ4v) is 2.26. The summed E-state index contributed by atoms with van der Waals surface area (Å²) in [5.41, 5.74) is 2.45. The van der Waals surface area contributed by atoms with Gasteiger partial charge >= 0.3 is 0 Å². The van der Waals surface area contributed by atoms with Gasteiger partial charge in [0, 0.05) is 6.20 Å². The number of aromatic nitrogens is 2. The molecular weight excluding hydrogens is 204 g/mol. The van der Waals surface area contributed by atoms with E-state index in [-0.39, 0.29) is 5.41 Å². The lowest BCUT2D eigenvalue weighted by atomic mass is 9.88. The summed E-state index contributed by atoms with van der Waals surface area (Å²) in [5.74, 6) is 0. The topological polar surface area (TPSA) is 25.8 Å². The van der Waals surface area contributed by atoms with E-state index in [1.807, 2.05) is 6.20 Å². The third-order valence-electron chi connectivity index (χ3n) is 2.46. The lowest BCUT2D eigenvalue weighted by Gasteiger charge is -2.17. The molecule has 0 aliphatic carbocycles. The van der Waals surface area contributed by atoms with Gasteiger partial charge in [0.15, 0.2) is 0 Å². The van der Waals surface area contributed by atoms with Crippen molar-refractivity contribution in [2.45, 2.75) is 39.5 Å². The summed E-state index contributed by atoms with van der Waals surface area (Å²) in [7, 11) is 0. The Balaban J connectivity index is 2.55. The molecule has 0 radical (unpaired) electrons. The first-order chi connectivity index (χ1) is 7.00. The number of rotatable bonds is 1. The highest BCUT2D eigenvalue weighted by atomic mass is 32.1. The predicted octanol–water partition coefficient (Wildman–Crippen LogP) is 3.55.